The quantitative estimate of drug-likeness (QED) is 0.654. The lowest BCUT2D eigenvalue weighted by Crippen LogP contribution is -2.18. The minimum atomic E-state index is 0.185. The van der Waals surface area contributed by atoms with Gasteiger partial charge in [-0.1, -0.05) is 24.3 Å². The van der Waals surface area contributed by atoms with E-state index in [1.807, 2.05) is 37.3 Å². The van der Waals surface area contributed by atoms with Crippen molar-refractivity contribution in [2.24, 2.45) is 0 Å². The molecule has 2 rings (SSSR count). The van der Waals surface area contributed by atoms with E-state index in [1.54, 1.807) is 0 Å². The van der Waals surface area contributed by atoms with Crippen LogP contribution in [-0.2, 0) is 0 Å². The van der Waals surface area contributed by atoms with Gasteiger partial charge in [-0.2, -0.15) is 0 Å². The second-order valence-corrected chi connectivity index (χ2v) is 3.99. The van der Waals surface area contributed by atoms with Crippen LogP contribution >= 0.6 is 0 Å². The van der Waals surface area contributed by atoms with E-state index in [0.29, 0.717) is 6.42 Å². The highest BCUT2D eigenvalue weighted by Gasteiger charge is 2.15. The maximum absolute atomic E-state index is 11.8. The average molecular weight is 201 g/mol. The van der Waals surface area contributed by atoms with Crippen molar-refractivity contribution in [3.05, 3.63) is 41.5 Å². The van der Waals surface area contributed by atoms with E-state index < -0.39 is 0 Å². The summed E-state index contributed by atoms with van der Waals surface area (Å²) >= 11 is 0. The molecular weight excluding hydrogens is 186 g/mol. The smallest absolute Gasteiger partial charge is 0.168 e. The van der Waals surface area contributed by atoms with E-state index in [9.17, 15) is 4.79 Å². The average Bonchev–Trinajstić information content (AvgIpc) is 2.19. The second kappa shape index (κ2) is 3.89. The van der Waals surface area contributed by atoms with Gasteiger partial charge in [-0.05, 0) is 25.5 Å². The number of rotatable bonds is 0. The Kier molecular flexibility index (Phi) is 2.58. The highest BCUT2D eigenvalue weighted by molar-refractivity contribution is 6.02. The van der Waals surface area contributed by atoms with Crippen molar-refractivity contribution in [2.45, 2.75) is 26.3 Å². The summed E-state index contributed by atoms with van der Waals surface area (Å²) in [4.78, 5) is 11.8. The number of ketones is 1. The molecule has 0 aliphatic carbocycles. The van der Waals surface area contributed by atoms with Crippen LogP contribution < -0.4 is 5.32 Å². The molecule has 0 fully saturated rings. The van der Waals surface area contributed by atoms with E-state index in [4.69, 9.17) is 0 Å². The molecule has 15 heavy (non-hydrogen) atoms. The number of hydrogen-bond acceptors (Lipinski definition) is 2. The Bertz CT molecular complexity index is 421. The van der Waals surface area contributed by atoms with Gasteiger partial charge in [0.25, 0.3) is 0 Å². The van der Waals surface area contributed by atoms with Gasteiger partial charge in [-0.25, -0.2) is 0 Å². The van der Waals surface area contributed by atoms with Gasteiger partial charge in [0.15, 0.2) is 5.78 Å². The lowest BCUT2D eigenvalue weighted by Gasteiger charge is -2.19. The standard InChI is InChI=1S/C13H15NO/c1-9-5-3-7-11-12(15)8-4-6-10(2)14-13(9)11/h3-7,10,14H,8H2,1-2H3/b6-4-. The monoisotopic (exact) mass is 201 g/mol. The van der Waals surface area contributed by atoms with E-state index in [2.05, 4.69) is 12.2 Å². The molecule has 0 saturated heterocycles. The predicted octanol–water partition coefficient (Wildman–Crippen LogP) is 2.94. The van der Waals surface area contributed by atoms with Crippen molar-refractivity contribution in [3.8, 4) is 0 Å². The Labute approximate surface area is 90.0 Å². The van der Waals surface area contributed by atoms with Crippen molar-refractivity contribution >= 4 is 11.5 Å². The predicted molar refractivity (Wildman–Crippen MR) is 62.4 cm³/mol. The number of nitrogens with one attached hydrogen (secondary N) is 1. The fourth-order valence-electron chi connectivity index (χ4n) is 1.86. The largest absolute Gasteiger partial charge is 0.378 e. The molecule has 1 aromatic rings. The van der Waals surface area contributed by atoms with Gasteiger partial charge in [-0.3, -0.25) is 4.79 Å². The van der Waals surface area contributed by atoms with Crippen LogP contribution in [0.15, 0.2) is 30.4 Å². The van der Waals surface area contributed by atoms with E-state index in [0.717, 1.165) is 16.8 Å². The Morgan fingerprint density at radius 1 is 1.40 bits per heavy atom. The third-order valence-electron chi connectivity index (χ3n) is 2.67. The number of benzene rings is 1. The summed E-state index contributed by atoms with van der Waals surface area (Å²) in [5, 5.41) is 3.35. The summed E-state index contributed by atoms with van der Waals surface area (Å²) < 4.78 is 0. The first-order valence-corrected chi connectivity index (χ1v) is 5.24. The Balaban J connectivity index is 2.51. The number of carbonyl (C=O) groups excluding carboxylic acids is 1. The Hall–Kier alpha value is -1.57. The third-order valence-corrected chi connectivity index (χ3v) is 2.67. The van der Waals surface area contributed by atoms with Gasteiger partial charge in [0, 0.05) is 23.7 Å². The normalized spacial score (nSPS) is 22.3. The van der Waals surface area contributed by atoms with Crippen LogP contribution in [0.25, 0.3) is 0 Å². The molecule has 1 aliphatic heterocycles. The molecule has 1 atom stereocenters. The van der Waals surface area contributed by atoms with Crippen molar-refractivity contribution < 1.29 is 4.79 Å². The van der Waals surface area contributed by atoms with Crippen molar-refractivity contribution in [2.75, 3.05) is 5.32 Å². The summed E-state index contributed by atoms with van der Waals surface area (Å²) in [6.45, 7) is 4.11. The van der Waals surface area contributed by atoms with Gasteiger partial charge in [0.1, 0.15) is 0 Å². The molecule has 0 radical (unpaired) electrons. The molecule has 0 aromatic heterocycles. The summed E-state index contributed by atoms with van der Waals surface area (Å²) in [6.07, 6.45) is 4.47. The van der Waals surface area contributed by atoms with Crippen LogP contribution in [0.4, 0.5) is 5.69 Å². The number of fused-ring (bicyclic) bond motifs is 1. The van der Waals surface area contributed by atoms with Crippen molar-refractivity contribution in [3.63, 3.8) is 0 Å². The molecule has 1 N–H and O–H groups in total. The Morgan fingerprint density at radius 3 is 3.00 bits per heavy atom. The molecule has 0 bridgehead atoms. The molecule has 0 spiro atoms. The minimum absolute atomic E-state index is 0.185. The third kappa shape index (κ3) is 1.94. The molecule has 1 aliphatic rings. The molecule has 1 aromatic carbocycles. The number of aryl methyl sites for hydroxylation is 1. The first-order chi connectivity index (χ1) is 7.18. The lowest BCUT2D eigenvalue weighted by atomic mass is 9.99. The number of Topliss-reactive ketones (excluding diaryl/α,β-unsaturated/α-hetero) is 1. The van der Waals surface area contributed by atoms with Crippen LogP contribution in [0.5, 0.6) is 0 Å². The molecule has 2 nitrogen and oxygen atoms in total. The number of allylic oxidation sites excluding steroid dienone is 1. The molecule has 2 heteroatoms. The highest BCUT2D eigenvalue weighted by Crippen LogP contribution is 2.24. The van der Waals surface area contributed by atoms with E-state index in [-0.39, 0.29) is 11.8 Å². The van der Waals surface area contributed by atoms with Crippen molar-refractivity contribution in [1.82, 2.24) is 0 Å². The fourth-order valence-corrected chi connectivity index (χ4v) is 1.86. The maximum atomic E-state index is 11.8. The zero-order valence-corrected chi connectivity index (χ0v) is 9.08. The fraction of sp³-hybridized carbons (Fsp3) is 0.308. The molecule has 0 saturated carbocycles. The molecule has 0 amide bonds. The molecular formula is C13H15NO. The summed E-state index contributed by atoms with van der Waals surface area (Å²) in [5.74, 6) is 0.185. The summed E-state index contributed by atoms with van der Waals surface area (Å²) in [7, 11) is 0. The van der Waals surface area contributed by atoms with E-state index in [1.165, 1.54) is 0 Å². The van der Waals surface area contributed by atoms with Crippen LogP contribution in [0, 0.1) is 6.92 Å². The topological polar surface area (TPSA) is 29.1 Å². The first-order valence-electron chi connectivity index (χ1n) is 5.24. The van der Waals surface area contributed by atoms with Gasteiger partial charge >= 0.3 is 0 Å². The zero-order chi connectivity index (χ0) is 10.8. The van der Waals surface area contributed by atoms with Crippen LogP contribution in [0.3, 0.4) is 0 Å². The first kappa shape index (κ1) is 9.97. The lowest BCUT2D eigenvalue weighted by molar-refractivity contribution is 0.0996. The van der Waals surface area contributed by atoms with Gasteiger partial charge in [0.05, 0.1) is 0 Å². The molecule has 78 valence electrons. The SMILES string of the molecule is Cc1cccc2c1NC(C)/C=C\CC2=O. The zero-order valence-electron chi connectivity index (χ0n) is 9.08. The van der Waals surface area contributed by atoms with E-state index >= 15 is 0 Å². The van der Waals surface area contributed by atoms with Crippen LogP contribution in [0.2, 0.25) is 0 Å². The van der Waals surface area contributed by atoms with Crippen LogP contribution in [-0.4, -0.2) is 11.8 Å². The number of hydrogen-bond donors (Lipinski definition) is 1. The maximum Gasteiger partial charge on any atom is 0.168 e. The minimum Gasteiger partial charge on any atom is -0.378 e. The molecule has 1 unspecified atom stereocenters. The number of anilines is 1. The number of para-hydroxylation sites is 1. The van der Waals surface area contributed by atoms with Gasteiger partial charge in [-0.15, -0.1) is 0 Å². The Morgan fingerprint density at radius 2 is 2.20 bits per heavy atom. The highest BCUT2D eigenvalue weighted by atomic mass is 16.1. The van der Waals surface area contributed by atoms with Crippen LogP contribution in [0.1, 0.15) is 29.3 Å². The van der Waals surface area contributed by atoms with Gasteiger partial charge in [0.2, 0.25) is 0 Å². The summed E-state index contributed by atoms with van der Waals surface area (Å²) in [6, 6.07) is 6.13. The second-order valence-electron chi connectivity index (χ2n) is 3.99. The van der Waals surface area contributed by atoms with Crippen molar-refractivity contribution in [1.29, 1.82) is 0 Å². The number of carbonyl (C=O) groups is 1. The van der Waals surface area contributed by atoms with Gasteiger partial charge < -0.3 is 5.32 Å². The molecule has 1 heterocycles. The summed E-state index contributed by atoms with van der Waals surface area (Å²) in [5.41, 5.74) is 2.92.